The van der Waals surface area contributed by atoms with Crippen molar-refractivity contribution in [2.45, 2.75) is 11.5 Å². The number of carbonyl (C=O) groups is 1. The van der Waals surface area contributed by atoms with Gasteiger partial charge < -0.3 is 21.6 Å². The van der Waals surface area contributed by atoms with Crippen LogP contribution in [0.2, 0.25) is 0 Å². The Kier molecular flexibility index (Phi) is 6.66. The van der Waals surface area contributed by atoms with Gasteiger partial charge >= 0.3 is 6.03 Å². The summed E-state index contributed by atoms with van der Waals surface area (Å²) < 4.78 is 43.4. The fourth-order valence-corrected chi connectivity index (χ4v) is 2.55. The number of anilines is 1. The van der Waals surface area contributed by atoms with Gasteiger partial charge in [0.2, 0.25) is 5.84 Å². The molecule has 9 nitrogen and oxygen atoms in total. The van der Waals surface area contributed by atoms with Gasteiger partial charge in [-0.1, -0.05) is 16.9 Å². The van der Waals surface area contributed by atoms with Crippen LogP contribution in [0.25, 0.3) is 0 Å². The Morgan fingerprint density at radius 3 is 2.81 bits per heavy atom. The van der Waals surface area contributed by atoms with E-state index in [1.165, 1.54) is 6.07 Å². The SMILES string of the molecule is NC(=O)NCCSc1nonc1/C(=N\O)Nc1ccc(C(F)F)c(F)c1. The summed E-state index contributed by atoms with van der Waals surface area (Å²) in [6.45, 7) is 0.242. The lowest BCUT2D eigenvalue weighted by atomic mass is 10.2. The topological polar surface area (TPSA) is 139 Å². The maximum absolute atomic E-state index is 13.6. The number of primary amides is 1. The molecule has 1 aromatic heterocycles. The number of oxime groups is 1. The number of nitrogens with two attached hydrogens (primary N) is 1. The van der Waals surface area contributed by atoms with E-state index >= 15 is 0 Å². The fourth-order valence-electron chi connectivity index (χ4n) is 1.79. The van der Waals surface area contributed by atoms with Gasteiger partial charge in [0.25, 0.3) is 6.43 Å². The number of hydrogen-bond donors (Lipinski definition) is 4. The Morgan fingerprint density at radius 2 is 2.19 bits per heavy atom. The molecule has 0 fully saturated rings. The highest BCUT2D eigenvalue weighted by Gasteiger charge is 2.19. The molecule has 13 heteroatoms. The van der Waals surface area contributed by atoms with Crippen LogP contribution in [0.3, 0.4) is 0 Å². The number of rotatable bonds is 7. The molecular weight excluding hydrogens is 377 g/mol. The van der Waals surface area contributed by atoms with Gasteiger partial charge in [-0.25, -0.2) is 22.6 Å². The van der Waals surface area contributed by atoms with Crippen molar-refractivity contribution in [3.8, 4) is 0 Å². The number of alkyl halides is 2. The van der Waals surface area contributed by atoms with Gasteiger partial charge in [0.1, 0.15) is 5.82 Å². The molecule has 0 aliphatic heterocycles. The van der Waals surface area contributed by atoms with Gasteiger partial charge in [-0.2, -0.15) is 0 Å². The van der Waals surface area contributed by atoms with E-state index in [-0.39, 0.29) is 28.8 Å². The van der Waals surface area contributed by atoms with Crippen molar-refractivity contribution in [1.82, 2.24) is 15.6 Å². The largest absolute Gasteiger partial charge is 0.409 e. The van der Waals surface area contributed by atoms with Gasteiger partial charge in [0.15, 0.2) is 10.7 Å². The number of aromatic nitrogens is 2. The van der Waals surface area contributed by atoms with E-state index in [2.05, 4.69) is 30.7 Å². The number of urea groups is 1. The number of hydrogen-bond acceptors (Lipinski definition) is 7. The van der Waals surface area contributed by atoms with Crippen molar-refractivity contribution in [3.63, 3.8) is 0 Å². The molecule has 0 atom stereocenters. The molecule has 0 saturated carbocycles. The van der Waals surface area contributed by atoms with Crippen molar-refractivity contribution in [3.05, 3.63) is 35.3 Å². The smallest absolute Gasteiger partial charge is 0.312 e. The number of amidine groups is 1. The molecule has 0 bridgehead atoms. The van der Waals surface area contributed by atoms with Crippen LogP contribution in [0.4, 0.5) is 23.7 Å². The molecule has 0 radical (unpaired) electrons. The number of nitrogens with one attached hydrogen (secondary N) is 2. The summed E-state index contributed by atoms with van der Waals surface area (Å²) in [5.41, 5.74) is 4.24. The molecule has 2 rings (SSSR count). The van der Waals surface area contributed by atoms with Gasteiger partial charge in [0, 0.05) is 18.0 Å². The summed E-state index contributed by atoms with van der Waals surface area (Å²) in [6, 6.07) is 2.23. The molecule has 2 aromatic rings. The van der Waals surface area contributed by atoms with E-state index in [0.717, 1.165) is 23.9 Å². The predicted octanol–water partition coefficient (Wildman–Crippen LogP) is 2.15. The highest BCUT2D eigenvalue weighted by molar-refractivity contribution is 7.99. The summed E-state index contributed by atoms with van der Waals surface area (Å²) in [7, 11) is 0. The van der Waals surface area contributed by atoms with E-state index < -0.39 is 23.8 Å². The van der Waals surface area contributed by atoms with Crippen LogP contribution in [-0.4, -0.2) is 39.7 Å². The van der Waals surface area contributed by atoms with Crippen molar-refractivity contribution in [2.24, 2.45) is 10.9 Å². The fraction of sp³-hybridized carbons (Fsp3) is 0.231. The standard InChI is InChI=1S/C13H13F3N6O3S/c14-8-5-6(1-2-7(8)10(15)16)19-11(20-24)9-12(22-25-21-9)26-4-3-18-13(17)23/h1-2,5,10,24H,3-4H2,(H,19,20)(H3,17,18,23). The Labute approximate surface area is 148 Å². The average molecular weight is 390 g/mol. The van der Waals surface area contributed by atoms with E-state index in [0.29, 0.717) is 5.75 Å². The van der Waals surface area contributed by atoms with Crippen molar-refractivity contribution >= 4 is 29.3 Å². The number of thioether (sulfide) groups is 1. The highest BCUT2D eigenvalue weighted by atomic mass is 32.2. The van der Waals surface area contributed by atoms with E-state index in [1.807, 2.05) is 0 Å². The summed E-state index contributed by atoms with van der Waals surface area (Å²) >= 11 is 1.12. The van der Waals surface area contributed by atoms with Crippen LogP contribution in [0.1, 0.15) is 17.7 Å². The number of carbonyl (C=O) groups excluding carboxylic acids is 1. The van der Waals surface area contributed by atoms with Crippen LogP contribution in [-0.2, 0) is 0 Å². The zero-order valence-corrected chi connectivity index (χ0v) is 13.8. The second-order valence-electron chi connectivity index (χ2n) is 4.67. The van der Waals surface area contributed by atoms with Crippen molar-refractivity contribution in [2.75, 3.05) is 17.6 Å². The predicted molar refractivity (Wildman–Crippen MR) is 85.9 cm³/mol. The molecule has 1 aromatic carbocycles. The van der Waals surface area contributed by atoms with Gasteiger partial charge in [-0.3, -0.25) is 0 Å². The summed E-state index contributed by atoms with van der Waals surface area (Å²) in [5, 5.41) is 24.5. The van der Waals surface area contributed by atoms with Crippen molar-refractivity contribution in [1.29, 1.82) is 0 Å². The maximum atomic E-state index is 13.6. The minimum absolute atomic E-state index is 0.00918. The highest BCUT2D eigenvalue weighted by Crippen LogP contribution is 2.25. The Morgan fingerprint density at radius 1 is 1.42 bits per heavy atom. The normalized spacial score (nSPS) is 11.6. The maximum Gasteiger partial charge on any atom is 0.312 e. The lowest BCUT2D eigenvalue weighted by Gasteiger charge is -2.08. The molecule has 0 spiro atoms. The van der Waals surface area contributed by atoms with Crippen LogP contribution < -0.4 is 16.4 Å². The van der Waals surface area contributed by atoms with E-state index in [4.69, 9.17) is 10.9 Å². The third kappa shape index (κ3) is 5.02. The molecule has 140 valence electrons. The molecule has 0 aliphatic rings. The lowest BCUT2D eigenvalue weighted by molar-refractivity contribution is 0.146. The number of benzene rings is 1. The monoisotopic (exact) mass is 390 g/mol. The van der Waals surface area contributed by atoms with Gasteiger partial charge in [-0.15, -0.1) is 0 Å². The number of nitrogens with zero attached hydrogens (tertiary/aromatic N) is 3. The molecular formula is C13H13F3N6O3S. The Balaban J connectivity index is 2.09. The minimum atomic E-state index is -2.95. The Bertz CT molecular complexity index is 801. The summed E-state index contributed by atoms with van der Waals surface area (Å²) in [4.78, 5) is 10.6. The molecule has 2 amide bonds. The molecule has 26 heavy (non-hydrogen) atoms. The minimum Gasteiger partial charge on any atom is -0.409 e. The number of halogens is 3. The van der Waals surface area contributed by atoms with Crippen LogP contribution in [0.15, 0.2) is 33.0 Å². The lowest BCUT2D eigenvalue weighted by Crippen LogP contribution is -2.31. The summed E-state index contributed by atoms with van der Waals surface area (Å²) in [6.07, 6.45) is -2.95. The molecule has 0 unspecified atom stereocenters. The first-order chi connectivity index (χ1) is 12.4. The molecule has 1 heterocycles. The van der Waals surface area contributed by atoms with Crippen molar-refractivity contribution < 1.29 is 27.8 Å². The van der Waals surface area contributed by atoms with Gasteiger partial charge in [0.05, 0.1) is 5.56 Å². The number of amides is 2. The molecule has 5 N–H and O–H groups in total. The van der Waals surface area contributed by atoms with E-state index in [1.54, 1.807) is 0 Å². The first-order valence-electron chi connectivity index (χ1n) is 6.98. The third-order valence-corrected chi connectivity index (χ3v) is 3.87. The van der Waals surface area contributed by atoms with E-state index in [9.17, 15) is 18.0 Å². The first-order valence-corrected chi connectivity index (χ1v) is 7.96. The van der Waals surface area contributed by atoms with Crippen LogP contribution in [0, 0.1) is 5.82 Å². The second-order valence-corrected chi connectivity index (χ2v) is 5.75. The van der Waals surface area contributed by atoms with Gasteiger partial charge in [-0.05, 0) is 28.5 Å². The van der Waals surface area contributed by atoms with Crippen LogP contribution >= 0.6 is 11.8 Å². The Hall–Kier alpha value is -2.96. The average Bonchev–Trinajstić information content (AvgIpc) is 3.04. The molecule has 0 aliphatic carbocycles. The third-order valence-electron chi connectivity index (χ3n) is 2.92. The van der Waals surface area contributed by atoms with Crippen LogP contribution in [0.5, 0.6) is 0 Å². The zero-order chi connectivity index (χ0) is 19.1. The summed E-state index contributed by atoms with van der Waals surface area (Å²) in [5.74, 6) is -0.992. The quantitative estimate of drug-likeness (QED) is 0.142. The zero-order valence-electron chi connectivity index (χ0n) is 12.9. The first kappa shape index (κ1) is 19.4. The second kappa shape index (κ2) is 8.94. The molecule has 0 saturated heterocycles.